The summed E-state index contributed by atoms with van der Waals surface area (Å²) in [5, 5.41) is 3.31. The predicted molar refractivity (Wildman–Crippen MR) is 53.1 cm³/mol. The molecule has 80 valence electrons. The van der Waals surface area contributed by atoms with Gasteiger partial charge in [0.1, 0.15) is 5.60 Å². The highest BCUT2D eigenvalue weighted by molar-refractivity contribution is 5.68. The Morgan fingerprint density at radius 3 is 2.50 bits per heavy atom. The highest BCUT2D eigenvalue weighted by Crippen LogP contribution is 2.24. The minimum Gasteiger partial charge on any atom is -0.444 e. The fourth-order valence-electron chi connectivity index (χ4n) is 1.93. The standard InChI is InChI=1S/C10H18N2O2/c1-10(2,3)14-9(13)12-5-7-4-11-8(7)6-12/h7-8,11H,4-6H2,1-3H3/t7-,8+/m1/s1. The zero-order chi connectivity index (χ0) is 10.3. The van der Waals surface area contributed by atoms with E-state index in [0.717, 1.165) is 19.6 Å². The van der Waals surface area contributed by atoms with Crippen molar-refractivity contribution in [1.82, 2.24) is 10.2 Å². The Balaban J connectivity index is 1.87. The van der Waals surface area contributed by atoms with Gasteiger partial charge in [0, 0.05) is 31.6 Å². The van der Waals surface area contributed by atoms with Gasteiger partial charge in [0.2, 0.25) is 0 Å². The summed E-state index contributed by atoms with van der Waals surface area (Å²) in [5.74, 6) is 0.655. The van der Waals surface area contributed by atoms with E-state index in [0.29, 0.717) is 12.0 Å². The number of nitrogens with one attached hydrogen (secondary N) is 1. The van der Waals surface area contributed by atoms with Crippen LogP contribution in [0, 0.1) is 5.92 Å². The second kappa shape index (κ2) is 3.12. The monoisotopic (exact) mass is 198 g/mol. The molecule has 2 saturated heterocycles. The summed E-state index contributed by atoms with van der Waals surface area (Å²) in [6.07, 6.45) is -0.172. The number of hydrogen-bond acceptors (Lipinski definition) is 3. The normalized spacial score (nSPS) is 30.9. The molecular weight excluding hydrogens is 180 g/mol. The van der Waals surface area contributed by atoms with E-state index >= 15 is 0 Å². The van der Waals surface area contributed by atoms with Crippen LogP contribution in [0.15, 0.2) is 0 Å². The molecule has 1 N–H and O–H groups in total. The van der Waals surface area contributed by atoms with E-state index in [2.05, 4.69) is 5.32 Å². The van der Waals surface area contributed by atoms with Crippen molar-refractivity contribution in [3.05, 3.63) is 0 Å². The second-order valence-corrected chi connectivity index (χ2v) is 5.16. The van der Waals surface area contributed by atoms with Gasteiger partial charge in [-0.3, -0.25) is 0 Å². The van der Waals surface area contributed by atoms with Gasteiger partial charge in [-0.05, 0) is 20.8 Å². The molecule has 2 fully saturated rings. The van der Waals surface area contributed by atoms with Gasteiger partial charge in [0.15, 0.2) is 0 Å². The van der Waals surface area contributed by atoms with Crippen LogP contribution in [0.25, 0.3) is 0 Å². The lowest BCUT2D eigenvalue weighted by molar-refractivity contribution is 0.0290. The number of nitrogens with zero attached hydrogens (tertiary/aromatic N) is 1. The smallest absolute Gasteiger partial charge is 0.410 e. The summed E-state index contributed by atoms with van der Waals surface area (Å²) < 4.78 is 5.31. The van der Waals surface area contributed by atoms with Crippen molar-refractivity contribution in [3.63, 3.8) is 0 Å². The van der Waals surface area contributed by atoms with Crippen molar-refractivity contribution in [2.75, 3.05) is 19.6 Å². The summed E-state index contributed by atoms with van der Waals surface area (Å²) in [5.41, 5.74) is -0.383. The van der Waals surface area contributed by atoms with Gasteiger partial charge in [-0.25, -0.2) is 4.79 Å². The van der Waals surface area contributed by atoms with Gasteiger partial charge >= 0.3 is 6.09 Å². The molecular formula is C10H18N2O2. The van der Waals surface area contributed by atoms with Gasteiger partial charge in [0.05, 0.1) is 0 Å². The number of carbonyl (C=O) groups is 1. The number of likely N-dealkylation sites (tertiary alicyclic amines) is 1. The maximum Gasteiger partial charge on any atom is 0.410 e. The predicted octanol–water partition coefficient (Wildman–Crippen LogP) is 0.825. The first kappa shape index (κ1) is 9.77. The Labute approximate surface area is 84.6 Å². The van der Waals surface area contributed by atoms with Crippen LogP contribution < -0.4 is 5.32 Å². The van der Waals surface area contributed by atoms with Crippen LogP contribution in [0.5, 0.6) is 0 Å². The van der Waals surface area contributed by atoms with Crippen LogP contribution in [-0.4, -0.2) is 42.3 Å². The fourth-order valence-corrected chi connectivity index (χ4v) is 1.93. The Hall–Kier alpha value is -0.770. The topological polar surface area (TPSA) is 41.6 Å². The molecule has 0 spiro atoms. The van der Waals surface area contributed by atoms with E-state index in [-0.39, 0.29) is 11.7 Å². The van der Waals surface area contributed by atoms with Gasteiger partial charge < -0.3 is 15.0 Å². The minimum absolute atomic E-state index is 0.172. The molecule has 0 unspecified atom stereocenters. The quantitative estimate of drug-likeness (QED) is 0.626. The van der Waals surface area contributed by atoms with Crippen molar-refractivity contribution in [1.29, 1.82) is 0 Å². The van der Waals surface area contributed by atoms with Crippen molar-refractivity contribution >= 4 is 6.09 Å². The third-order valence-electron chi connectivity index (χ3n) is 2.73. The summed E-state index contributed by atoms with van der Waals surface area (Å²) in [6.45, 7) is 8.39. The van der Waals surface area contributed by atoms with Crippen LogP contribution in [-0.2, 0) is 4.74 Å². The molecule has 2 rings (SSSR count). The number of rotatable bonds is 0. The molecule has 0 aromatic heterocycles. The van der Waals surface area contributed by atoms with Crippen LogP contribution in [0.4, 0.5) is 4.79 Å². The maximum atomic E-state index is 11.7. The highest BCUT2D eigenvalue weighted by Gasteiger charge is 2.41. The fraction of sp³-hybridized carbons (Fsp3) is 0.900. The van der Waals surface area contributed by atoms with Gasteiger partial charge in [0.25, 0.3) is 0 Å². The Kier molecular flexibility index (Phi) is 2.18. The number of fused-ring (bicyclic) bond motifs is 1. The third-order valence-corrected chi connectivity index (χ3v) is 2.73. The maximum absolute atomic E-state index is 11.7. The zero-order valence-corrected chi connectivity index (χ0v) is 9.04. The van der Waals surface area contributed by atoms with E-state index in [1.807, 2.05) is 20.8 Å². The van der Waals surface area contributed by atoms with Gasteiger partial charge in [-0.15, -0.1) is 0 Å². The molecule has 2 heterocycles. The summed E-state index contributed by atoms with van der Waals surface area (Å²) in [7, 11) is 0. The number of ether oxygens (including phenoxy) is 1. The molecule has 0 aliphatic carbocycles. The van der Waals surface area contributed by atoms with Crippen molar-refractivity contribution in [3.8, 4) is 0 Å². The number of amides is 1. The summed E-state index contributed by atoms with van der Waals surface area (Å²) >= 11 is 0. The second-order valence-electron chi connectivity index (χ2n) is 5.16. The van der Waals surface area contributed by atoms with Crippen LogP contribution >= 0.6 is 0 Å². The third kappa shape index (κ3) is 1.85. The van der Waals surface area contributed by atoms with Gasteiger partial charge in [-0.1, -0.05) is 0 Å². The lowest BCUT2D eigenvalue weighted by Crippen LogP contribution is -2.51. The lowest BCUT2D eigenvalue weighted by Gasteiger charge is -2.29. The van der Waals surface area contributed by atoms with Crippen molar-refractivity contribution in [2.45, 2.75) is 32.4 Å². The zero-order valence-electron chi connectivity index (χ0n) is 9.04. The van der Waals surface area contributed by atoms with Gasteiger partial charge in [-0.2, -0.15) is 0 Å². The Bertz CT molecular complexity index is 235. The lowest BCUT2D eigenvalue weighted by atomic mass is 9.96. The average Bonchev–Trinajstić information content (AvgIpc) is 2.24. The van der Waals surface area contributed by atoms with Crippen LogP contribution in [0.1, 0.15) is 20.8 Å². The van der Waals surface area contributed by atoms with E-state index < -0.39 is 0 Å². The molecule has 1 amide bonds. The average molecular weight is 198 g/mol. The molecule has 4 heteroatoms. The molecule has 0 radical (unpaired) electrons. The number of carbonyl (C=O) groups excluding carboxylic acids is 1. The summed E-state index contributed by atoms with van der Waals surface area (Å²) in [4.78, 5) is 13.5. The van der Waals surface area contributed by atoms with Crippen molar-refractivity contribution in [2.24, 2.45) is 5.92 Å². The first-order valence-electron chi connectivity index (χ1n) is 5.17. The molecule has 0 aromatic rings. The molecule has 2 aliphatic rings. The van der Waals surface area contributed by atoms with E-state index in [4.69, 9.17) is 4.74 Å². The molecule has 2 aliphatic heterocycles. The first-order chi connectivity index (χ1) is 6.46. The molecule has 0 aromatic carbocycles. The van der Waals surface area contributed by atoms with E-state index in [9.17, 15) is 4.79 Å². The largest absolute Gasteiger partial charge is 0.444 e. The van der Waals surface area contributed by atoms with Crippen molar-refractivity contribution < 1.29 is 9.53 Å². The van der Waals surface area contributed by atoms with E-state index in [1.54, 1.807) is 4.90 Å². The SMILES string of the molecule is CC(C)(C)OC(=O)N1C[C@H]2CN[C@H]2C1. The molecule has 14 heavy (non-hydrogen) atoms. The Morgan fingerprint density at radius 2 is 2.14 bits per heavy atom. The van der Waals surface area contributed by atoms with Crippen LogP contribution in [0.3, 0.4) is 0 Å². The Morgan fingerprint density at radius 1 is 1.43 bits per heavy atom. The first-order valence-corrected chi connectivity index (χ1v) is 5.17. The van der Waals surface area contributed by atoms with Crippen LogP contribution in [0.2, 0.25) is 0 Å². The highest BCUT2D eigenvalue weighted by atomic mass is 16.6. The molecule has 4 nitrogen and oxygen atoms in total. The molecule has 0 bridgehead atoms. The summed E-state index contributed by atoms with van der Waals surface area (Å²) in [6, 6.07) is 0.516. The molecule has 0 saturated carbocycles. The molecule has 2 atom stereocenters. The minimum atomic E-state index is -0.383. The van der Waals surface area contributed by atoms with E-state index in [1.165, 1.54) is 0 Å². The number of hydrogen-bond donors (Lipinski definition) is 1.